The SMILES string of the molecule is [C-]#N.[C-]#N.[C-]#N.[C-]#N.[C-]#N.[V]. The van der Waals surface area contributed by atoms with Crippen molar-refractivity contribution in [3.05, 3.63) is 32.9 Å². The van der Waals surface area contributed by atoms with Crippen molar-refractivity contribution in [2.24, 2.45) is 0 Å². The van der Waals surface area contributed by atoms with Crippen molar-refractivity contribution in [2.45, 2.75) is 0 Å². The molecule has 0 aromatic rings. The Morgan fingerprint density at radius 1 is 0.364 bits per heavy atom. The fraction of sp³-hybridized carbons (Fsp3) is 0. The van der Waals surface area contributed by atoms with Crippen LogP contribution in [0.4, 0.5) is 0 Å². The van der Waals surface area contributed by atoms with Crippen molar-refractivity contribution >= 4 is 0 Å². The molecule has 0 saturated carbocycles. The molecule has 0 aromatic heterocycles. The van der Waals surface area contributed by atoms with Gasteiger partial charge < -0.3 is 59.2 Å². The molecular weight excluding hydrogens is 181 g/mol. The van der Waals surface area contributed by atoms with Gasteiger partial charge >= 0.3 is 0 Å². The molecule has 0 N–H and O–H groups in total. The molecule has 0 unspecified atom stereocenters. The zero-order valence-corrected chi connectivity index (χ0v) is 6.58. The minimum Gasteiger partial charge on any atom is -0.512 e. The molecule has 0 aliphatic carbocycles. The van der Waals surface area contributed by atoms with Gasteiger partial charge in [0.05, 0.1) is 0 Å². The smallest absolute Gasteiger partial charge is 0 e. The first-order valence-corrected chi connectivity index (χ1v) is 1.12. The van der Waals surface area contributed by atoms with E-state index in [2.05, 4.69) is 0 Å². The van der Waals surface area contributed by atoms with Crippen LogP contribution in [0.3, 0.4) is 0 Å². The summed E-state index contributed by atoms with van der Waals surface area (Å²) in [7, 11) is 0. The molecule has 0 atom stereocenters. The molecule has 0 spiro atoms. The van der Waals surface area contributed by atoms with Gasteiger partial charge in [0.15, 0.2) is 0 Å². The van der Waals surface area contributed by atoms with E-state index >= 15 is 0 Å². The van der Waals surface area contributed by atoms with Gasteiger partial charge in [0.25, 0.3) is 0 Å². The number of hydrogen-bond donors (Lipinski definition) is 0. The van der Waals surface area contributed by atoms with Crippen LogP contribution < -0.4 is 0 Å². The zero-order valence-electron chi connectivity index (χ0n) is 5.18. The predicted molar refractivity (Wildman–Crippen MR) is 24.8 cm³/mol. The summed E-state index contributed by atoms with van der Waals surface area (Å²) in [4.78, 5) is 0. The van der Waals surface area contributed by atoms with Gasteiger partial charge in [0, 0.05) is 18.6 Å². The van der Waals surface area contributed by atoms with Gasteiger partial charge in [-0.1, -0.05) is 0 Å². The van der Waals surface area contributed by atoms with Gasteiger partial charge in [-0.2, -0.15) is 0 Å². The first-order valence-electron chi connectivity index (χ1n) is 1.12. The van der Waals surface area contributed by atoms with Crippen LogP contribution in [0.1, 0.15) is 0 Å². The molecular formula is C5N5V-5. The zero-order chi connectivity index (χ0) is 10.0. The molecule has 0 fully saturated rings. The normalized spacial score (nSPS) is 0.909. The summed E-state index contributed by atoms with van der Waals surface area (Å²) in [5.41, 5.74) is 0. The first kappa shape index (κ1) is 63.3. The Hall–Kier alpha value is -1.97. The van der Waals surface area contributed by atoms with E-state index in [0.29, 0.717) is 0 Å². The molecule has 55 valence electrons. The van der Waals surface area contributed by atoms with Crippen LogP contribution >= 0.6 is 0 Å². The van der Waals surface area contributed by atoms with Crippen LogP contribution in [0.25, 0.3) is 0 Å². The maximum Gasteiger partial charge on any atom is 0 e. The Labute approximate surface area is 78.2 Å². The van der Waals surface area contributed by atoms with Crippen molar-refractivity contribution < 1.29 is 18.6 Å². The van der Waals surface area contributed by atoms with Crippen molar-refractivity contribution in [1.82, 2.24) is 0 Å². The van der Waals surface area contributed by atoms with Gasteiger partial charge in [-0.25, -0.2) is 0 Å². The molecule has 0 saturated heterocycles. The standard InChI is InChI=1S/5CN.V/c5*1-2;/q5*-1;. The molecule has 0 heterocycles. The van der Waals surface area contributed by atoms with Crippen molar-refractivity contribution in [3.63, 3.8) is 0 Å². The Bertz CT molecular complexity index is 73.4. The van der Waals surface area contributed by atoms with Crippen LogP contribution in [0, 0.1) is 59.2 Å². The maximum atomic E-state index is 6.25. The average Bonchev–Trinajstić information content (AvgIpc) is 2.20. The monoisotopic (exact) mass is 181 g/mol. The molecule has 0 aromatic carbocycles. The maximum absolute atomic E-state index is 6.25. The van der Waals surface area contributed by atoms with Crippen molar-refractivity contribution in [1.29, 1.82) is 26.3 Å². The fourth-order valence-corrected chi connectivity index (χ4v) is 0. The van der Waals surface area contributed by atoms with E-state index in [0.717, 1.165) is 0 Å². The summed E-state index contributed by atoms with van der Waals surface area (Å²) in [5.74, 6) is 0. The summed E-state index contributed by atoms with van der Waals surface area (Å²) < 4.78 is 0. The van der Waals surface area contributed by atoms with E-state index in [1.54, 1.807) is 0 Å². The van der Waals surface area contributed by atoms with Gasteiger partial charge in [0.2, 0.25) is 0 Å². The topological polar surface area (TPSA) is 119 Å². The first-order chi connectivity index (χ1) is 5.00. The summed E-state index contributed by atoms with van der Waals surface area (Å²) >= 11 is 0. The molecule has 0 aliphatic rings. The van der Waals surface area contributed by atoms with E-state index in [1.807, 2.05) is 0 Å². The number of nitrogens with zero attached hydrogens (tertiary/aromatic N) is 5. The predicted octanol–water partition coefficient (Wildman–Crippen LogP) is 0.479. The molecule has 0 aliphatic heterocycles. The van der Waals surface area contributed by atoms with Gasteiger partial charge in [-0.05, 0) is 0 Å². The van der Waals surface area contributed by atoms with Crippen molar-refractivity contribution in [3.8, 4) is 0 Å². The van der Waals surface area contributed by atoms with Gasteiger partial charge in [-0.15, -0.1) is 0 Å². The van der Waals surface area contributed by atoms with E-state index in [4.69, 9.17) is 59.2 Å². The third-order valence-electron chi connectivity index (χ3n) is 0. The summed E-state index contributed by atoms with van der Waals surface area (Å²) in [6, 6.07) is 0. The Morgan fingerprint density at radius 2 is 0.364 bits per heavy atom. The summed E-state index contributed by atoms with van der Waals surface area (Å²) in [6.07, 6.45) is 0. The summed E-state index contributed by atoms with van der Waals surface area (Å²) in [5, 5.41) is 31.2. The average molecular weight is 181 g/mol. The Balaban J connectivity index is -0.00000000694. The minimum atomic E-state index is 0. The van der Waals surface area contributed by atoms with Crippen LogP contribution in [0.15, 0.2) is 0 Å². The Kier molecular flexibility index (Phi) is 593. The van der Waals surface area contributed by atoms with Crippen LogP contribution in [-0.4, -0.2) is 0 Å². The number of hydrogen-bond acceptors (Lipinski definition) is 5. The minimum absolute atomic E-state index is 0. The fourth-order valence-electron chi connectivity index (χ4n) is 0. The Morgan fingerprint density at radius 3 is 0.364 bits per heavy atom. The second-order valence-electron chi connectivity index (χ2n) is 0. The second kappa shape index (κ2) is 103. The molecule has 11 heavy (non-hydrogen) atoms. The van der Waals surface area contributed by atoms with Crippen LogP contribution in [-0.2, 0) is 18.6 Å². The quantitative estimate of drug-likeness (QED) is 0.503. The summed E-state index contributed by atoms with van der Waals surface area (Å²) in [6.45, 7) is 23.8. The third kappa shape index (κ3) is 75.7. The molecule has 1 radical (unpaired) electrons. The number of rotatable bonds is 0. The second-order valence-corrected chi connectivity index (χ2v) is 0. The van der Waals surface area contributed by atoms with E-state index < -0.39 is 0 Å². The van der Waals surface area contributed by atoms with E-state index in [9.17, 15) is 0 Å². The van der Waals surface area contributed by atoms with Gasteiger partial charge in [0.1, 0.15) is 0 Å². The molecule has 5 nitrogen and oxygen atoms in total. The van der Waals surface area contributed by atoms with E-state index in [-0.39, 0.29) is 18.6 Å². The molecule has 0 amide bonds. The molecule has 6 heteroatoms. The van der Waals surface area contributed by atoms with Crippen LogP contribution in [0.5, 0.6) is 0 Å². The van der Waals surface area contributed by atoms with E-state index in [1.165, 1.54) is 0 Å². The van der Waals surface area contributed by atoms with Gasteiger partial charge in [-0.3, -0.25) is 0 Å². The largest absolute Gasteiger partial charge is 0.512 e. The third-order valence-corrected chi connectivity index (χ3v) is 0. The molecule has 0 bridgehead atoms. The molecule has 0 rings (SSSR count). The van der Waals surface area contributed by atoms with Crippen molar-refractivity contribution in [2.75, 3.05) is 0 Å². The van der Waals surface area contributed by atoms with Crippen LogP contribution in [0.2, 0.25) is 0 Å².